The van der Waals surface area contributed by atoms with Gasteiger partial charge in [-0.1, -0.05) is 30.3 Å². The SMILES string of the molecule is COC(=O)C1CCN(C(=O)CN2CCC[C@@H]2Cc2ccccc2)CC1. The molecule has 5 nitrogen and oxygen atoms in total. The molecule has 2 saturated heterocycles. The van der Waals surface area contributed by atoms with Crippen LogP contribution in [0.1, 0.15) is 31.2 Å². The molecule has 136 valence electrons. The lowest BCUT2D eigenvalue weighted by Crippen LogP contribution is -2.46. The van der Waals surface area contributed by atoms with E-state index >= 15 is 0 Å². The van der Waals surface area contributed by atoms with Gasteiger partial charge in [0.1, 0.15) is 0 Å². The Hall–Kier alpha value is -1.88. The highest BCUT2D eigenvalue weighted by atomic mass is 16.5. The minimum absolute atomic E-state index is 0.0494. The molecule has 1 amide bonds. The number of nitrogens with zero attached hydrogens (tertiary/aromatic N) is 2. The molecule has 0 bridgehead atoms. The van der Waals surface area contributed by atoms with E-state index in [1.54, 1.807) is 0 Å². The Morgan fingerprint density at radius 3 is 2.48 bits per heavy atom. The second-order valence-electron chi connectivity index (χ2n) is 7.13. The summed E-state index contributed by atoms with van der Waals surface area (Å²) < 4.78 is 4.81. The maximum Gasteiger partial charge on any atom is 0.308 e. The van der Waals surface area contributed by atoms with Gasteiger partial charge in [-0.2, -0.15) is 0 Å². The van der Waals surface area contributed by atoms with Crippen LogP contribution in [0.3, 0.4) is 0 Å². The predicted molar refractivity (Wildman–Crippen MR) is 96.1 cm³/mol. The lowest BCUT2D eigenvalue weighted by atomic mass is 9.97. The van der Waals surface area contributed by atoms with Gasteiger partial charge in [-0.15, -0.1) is 0 Å². The zero-order valence-corrected chi connectivity index (χ0v) is 15.0. The zero-order chi connectivity index (χ0) is 17.6. The molecule has 0 aliphatic carbocycles. The van der Waals surface area contributed by atoms with Gasteiger partial charge < -0.3 is 9.64 Å². The molecular weight excluding hydrogens is 316 g/mol. The molecule has 5 heteroatoms. The molecular formula is C20H28N2O3. The Bertz CT molecular complexity index is 582. The van der Waals surface area contributed by atoms with Gasteiger partial charge in [0.05, 0.1) is 19.6 Å². The summed E-state index contributed by atoms with van der Waals surface area (Å²) in [6.45, 7) is 2.83. The van der Waals surface area contributed by atoms with Crippen LogP contribution >= 0.6 is 0 Å². The Morgan fingerprint density at radius 1 is 1.08 bits per heavy atom. The summed E-state index contributed by atoms with van der Waals surface area (Å²) in [6.07, 6.45) is 4.76. The maximum absolute atomic E-state index is 12.7. The van der Waals surface area contributed by atoms with Crippen LogP contribution in [0.15, 0.2) is 30.3 Å². The van der Waals surface area contributed by atoms with E-state index in [2.05, 4.69) is 29.2 Å². The van der Waals surface area contributed by atoms with E-state index in [1.807, 2.05) is 11.0 Å². The first-order chi connectivity index (χ1) is 12.2. The van der Waals surface area contributed by atoms with Gasteiger partial charge in [0, 0.05) is 19.1 Å². The van der Waals surface area contributed by atoms with Crippen molar-refractivity contribution in [1.29, 1.82) is 0 Å². The van der Waals surface area contributed by atoms with Crippen LogP contribution in [-0.4, -0.2) is 61.0 Å². The average Bonchev–Trinajstić information content (AvgIpc) is 3.08. The molecule has 2 aliphatic rings. The van der Waals surface area contributed by atoms with Crippen molar-refractivity contribution in [3.63, 3.8) is 0 Å². The number of likely N-dealkylation sites (tertiary alicyclic amines) is 2. The number of hydrogen-bond donors (Lipinski definition) is 0. The van der Waals surface area contributed by atoms with Crippen molar-refractivity contribution in [2.45, 2.75) is 38.1 Å². The summed E-state index contributed by atoms with van der Waals surface area (Å²) in [5, 5.41) is 0. The molecule has 1 aromatic carbocycles. The van der Waals surface area contributed by atoms with Crippen molar-refractivity contribution in [2.75, 3.05) is 33.3 Å². The molecule has 0 aromatic heterocycles. The van der Waals surface area contributed by atoms with E-state index in [0.29, 0.717) is 38.5 Å². The quantitative estimate of drug-likeness (QED) is 0.768. The van der Waals surface area contributed by atoms with Crippen molar-refractivity contribution in [3.05, 3.63) is 35.9 Å². The summed E-state index contributed by atoms with van der Waals surface area (Å²) in [5.74, 6) is 0.00418. The first-order valence-corrected chi connectivity index (χ1v) is 9.31. The molecule has 0 radical (unpaired) electrons. The number of methoxy groups -OCH3 is 1. The molecule has 0 spiro atoms. The van der Waals surface area contributed by atoms with Crippen LogP contribution in [0.25, 0.3) is 0 Å². The van der Waals surface area contributed by atoms with Crippen LogP contribution in [0.4, 0.5) is 0 Å². The maximum atomic E-state index is 12.7. The number of carbonyl (C=O) groups is 2. The Morgan fingerprint density at radius 2 is 1.80 bits per heavy atom. The first-order valence-electron chi connectivity index (χ1n) is 9.31. The smallest absolute Gasteiger partial charge is 0.308 e. The normalized spacial score (nSPS) is 22.1. The molecule has 1 aromatic rings. The minimum Gasteiger partial charge on any atom is -0.469 e. The average molecular weight is 344 g/mol. The Labute approximate surface area is 149 Å². The summed E-state index contributed by atoms with van der Waals surface area (Å²) >= 11 is 0. The van der Waals surface area contributed by atoms with Gasteiger partial charge in [0.2, 0.25) is 5.91 Å². The number of ether oxygens (including phenoxy) is 1. The molecule has 0 N–H and O–H groups in total. The Balaban J connectivity index is 1.49. The van der Waals surface area contributed by atoms with Gasteiger partial charge in [-0.3, -0.25) is 14.5 Å². The minimum atomic E-state index is -0.144. The van der Waals surface area contributed by atoms with Gasteiger partial charge >= 0.3 is 5.97 Å². The van der Waals surface area contributed by atoms with Crippen molar-refractivity contribution in [2.24, 2.45) is 5.92 Å². The third-order valence-corrected chi connectivity index (χ3v) is 5.53. The van der Waals surface area contributed by atoms with Crippen molar-refractivity contribution in [1.82, 2.24) is 9.80 Å². The monoisotopic (exact) mass is 344 g/mol. The molecule has 3 rings (SSSR count). The summed E-state index contributed by atoms with van der Waals surface area (Å²) in [4.78, 5) is 28.5. The molecule has 0 unspecified atom stereocenters. The van der Waals surface area contributed by atoms with E-state index in [-0.39, 0.29) is 17.8 Å². The summed E-state index contributed by atoms with van der Waals surface area (Å²) in [6, 6.07) is 11.0. The van der Waals surface area contributed by atoms with E-state index in [9.17, 15) is 9.59 Å². The first kappa shape index (κ1) is 17.9. The van der Waals surface area contributed by atoms with Crippen molar-refractivity contribution < 1.29 is 14.3 Å². The number of carbonyl (C=O) groups excluding carboxylic acids is 2. The highest BCUT2D eigenvalue weighted by Gasteiger charge is 2.31. The van der Waals surface area contributed by atoms with Gasteiger partial charge in [-0.05, 0) is 44.2 Å². The third kappa shape index (κ3) is 4.60. The highest BCUT2D eigenvalue weighted by molar-refractivity contribution is 5.79. The number of benzene rings is 1. The van der Waals surface area contributed by atoms with Crippen LogP contribution in [0, 0.1) is 5.92 Å². The third-order valence-electron chi connectivity index (χ3n) is 5.53. The van der Waals surface area contributed by atoms with Crippen LogP contribution in [0.2, 0.25) is 0 Å². The Kier molecular flexibility index (Phi) is 6.08. The topological polar surface area (TPSA) is 49.9 Å². The van der Waals surface area contributed by atoms with Crippen LogP contribution < -0.4 is 0 Å². The van der Waals surface area contributed by atoms with Crippen molar-refractivity contribution in [3.8, 4) is 0 Å². The second kappa shape index (κ2) is 8.48. The molecule has 2 fully saturated rings. The van der Waals surface area contributed by atoms with E-state index in [0.717, 1.165) is 25.8 Å². The second-order valence-corrected chi connectivity index (χ2v) is 7.13. The number of rotatable bonds is 5. The molecule has 25 heavy (non-hydrogen) atoms. The van der Waals surface area contributed by atoms with E-state index in [4.69, 9.17) is 4.74 Å². The number of amides is 1. The standard InChI is InChI=1S/C20H28N2O3/c1-25-20(24)17-9-12-21(13-10-17)19(23)15-22-11-5-8-18(22)14-16-6-3-2-4-7-16/h2-4,6-7,17-18H,5,8-15H2,1H3/t18-/m1/s1. The van der Waals surface area contributed by atoms with Gasteiger partial charge in [-0.25, -0.2) is 0 Å². The number of hydrogen-bond acceptors (Lipinski definition) is 4. The fourth-order valence-corrected chi connectivity index (χ4v) is 4.03. The molecule has 2 heterocycles. The van der Waals surface area contributed by atoms with Crippen LogP contribution in [-0.2, 0) is 20.7 Å². The lowest BCUT2D eigenvalue weighted by molar-refractivity contribution is -0.149. The van der Waals surface area contributed by atoms with Gasteiger partial charge in [0.15, 0.2) is 0 Å². The van der Waals surface area contributed by atoms with Crippen LogP contribution in [0.5, 0.6) is 0 Å². The highest BCUT2D eigenvalue weighted by Crippen LogP contribution is 2.23. The summed E-state index contributed by atoms with van der Waals surface area (Å²) in [7, 11) is 1.43. The molecule has 1 atom stereocenters. The predicted octanol–water partition coefficient (Wildman–Crippen LogP) is 2.11. The molecule has 2 aliphatic heterocycles. The fourth-order valence-electron chi connectivity index (χ4n) is 4.03. The number of esters is 1. The fraction of sp³-hybridized carbons (Fsp3) is 0.600. The summed E-state index contributed by atoms with van der Waals surface area (Å²) in [5.41, 5.74) is 1.34. The number of piperidine rings is 1. The van der Waals surface area contributed by atoms with E-state index in [1.165, 1.54) is 12.7 Å². The van der Waals surface area contributed by atoms with Gasteiger partial charge in [0.25, 0.3) is 0 Å². The zero-order valence-electron chi connectivity index (χ0n) is 15.0. The van der Waals surface area contributed by atoms with E-state index < -0.39 is 0 Å². The lowest BCUT2D eigenvalue weighted by Gasteiger charge is -2.33. The largest absolute Gasteiger partial charge is 0.469 e. The van der Waals surface area contributed by atoms with Crippen molar-refractivity contribution >= 4 is 11.9 Å². The molecule has 0 saturated carbocycles.